The van der Waals surface area contributed by atoms with E-state index in [1.807, 2.05) is 0 Å². The van der Waals surface area contributed by atoms with E-state index in [1.165, 1.54) is 113 Å². The molecule has 17 rings (SSSR count). The molecule has 0 amide bonds. The Balaban J connectivity index is 1.01. The van der Waals surface area contributed by atoms with Crippen molar-refractivity contribution in [2.75, 3.05) is 14.7 Å². The molecule has 2 aliphatic heterocycles. The number of para-hydroxylation sites is 2. The molecule has 0 bridgehead atoms. The van der Waals surface area contributed by atoms with Crippen molar-refractivity contribution < 1.29 is 8.83 Å². The van der Waals surface area contributed by atoms with Gasteiger partial charge in [0.15, 0.2) is 5.58 Å². The summed E-state index contributed by atoms with van der Waals surface area (Å²) in [4.78, 5) is 7.79. The molecule has 4 aliphatic rings. The molecule has 0 atom stereocenters. The first-order valence-corrected chi connectivity index (χ1v) is 37.6. The van der Waals surface area contributed by atoms with E-state index in [-0.39, 0.29) is 44.6 Å². The zero-order valence-corrected chi connectivity index (χ0v) is 63.4. The lowest BCUT2D eigenvalue weighted by molar-refractivity contribution is 0.352. The summed E-state index contributed by atoms with van der Waals surface area (Å²) in [6, 6.07) is 80.6. The van der Waals surface area contributed by atoms with Crippen LogP contribution in [0.2, 0.25) is 0 Å². The lowest BCUT2D eigenvalue weighted by Gasteiger charge is -2.44. The Bertz CT molecular complexity index is 5540. The molecule has 0 radical (unpaired) electrons. The van der Waals surface area contributed by atoms with Crippen molar-refractivity contribution in [3.63, 3.8) is 0 Å². The molecule has 6 heteroatoms. The number of benzene rings is 11. The fourth-order valence-electron chi connectivity index (χ4n) is 17.6. The van der Waals surface area contributed by atoms with E-state index in [0.29, 0.717) is 0 Å². The van der Waals surface area contributed by atoms with E-state index in [4.69, 9.17) is 8.83 Å². The van der Waals surface area contributed by atoms with Crippen LogP contribution in [0.25, 0.3) is 65.9 Å². The standard InChI is InChI=1S/C96H98BN3O2/c1-90(2,3)61-32-39-67(40-33-61)98(80-27-24-26-75-74-25-20-21-28-83(74)101-88(75)80)70-56-81-85-82(57-70)100(69-41-44-73-72-43-35-64(93(10,11)12)54-77(72)96(78(73)55-69)47-22-19-23-48-96)86-71-42-34-62(91(4,5)6)49-59(71)31-45-79(86)97(85)89-87(76-53-63(92(7,8)9)36-46-84(76)102-89)99(81)68-37-29-58(30-38-68)60-50-65(94(13,14)15)52-66(51-60)95(16,17)18/h20-21,24-46,49-57H,19,22-23,47-48H2,1-18H3. The number of rotatable bonds is 6. The summed E-state index contributed by atoms with van der Waals surface area (Å²) in [6.45, 7) is 41.7. The molecule has 1 spiro atoms. The molecule has 13 aromatic rings. The topological polar surface area (TPSA) is 36.0 Å². The van der Waals surface area contributed by atoms with E-state index in [1.54, 1.807) is 0 Å². The van der Waals surface area contributed by atoms with Crippen LogP contribution in [0, 0.1) is 0 Å². The first kappa shape index (κ1) is 65.8. The van der Waals surface area contributed by atoms with Gasteiger partial charge in [0.1, 0.15) is 11.2 Å². The smallest absolute Gasteiger partial charge is 0.297 e. The van der Waals surface area contributed by atoms with Crippen LogP contribution in [-0.2, 0) is 37.9 Å². The third kappa shape index (κ3) is 10.5. The lowest BCUT2D eigenvalue weighted by atomic mass is 9.35. The molecule has 2 aliphatic carbocycles. The van der Waals surface area contributed by atoms with Crippen molar-refractivity contribution in [2.45, 2.75) is 195 Å². The molecule has 5 nitrogen and oxygen atoms in total. The highest BCUT2D eigenvalue weighted by Gasteiger charge is 2.50. The van der Waals surface area contributed by atoms with E-state index < -0.39 is 0 Å². The first-order chi connectivity index (χ1) is 48.3. The molecule has 1 fully saturated rings. The summed E-state index contributed by atoms with van der Waals surface area (Å²) in [6.07, 6.45) is 5.91. The summed E-state index contributed by atoms with van der Waals surface area (Å²) >= 11 is 0. The maximum absolute atomic E-state index is 7.77. The number of anilines is 9. The number of fused-ring (bicyclic) bond motifs is 16. The van der Waals surface area contributed by atoms with Gasteiger partial charge in [-0.1, -0.05) is 277 Å². The minimum absolute atomic E-state index is 0.00799. The van der Waals surface area contributed by atoms with Crippen molar-refractivity contribution in [3.8, 4) is 22.3 Å². The highest BCUT2D eigenvalue weighted by Crippen LogP contribution is 2.59. The van der Waals surface area contributed by atoms with Crippen molar-refractivity contribution in [1.29, 1.82) is 0 Å². The molecular weight excluding hydrogens is 1240 g/mol. The molecule has 0 N–H and O–H groups in total. The van der Waals surface area contributed by atoms with Gasteiger partial charge in [-0.15, -0.1) is 0 Å². The average molecular weight is 1340 g/mol. The molecule has 11 aromatic carbocycles. The Hall–Kier alpha value is -9.52. The maximum atomic E-state index is 7.77. The summed E-state index contributed by atoms with van der Waals surface area (Å²) in [5, 5.41) is 5.70. The van der Waals surface area contributed by atoms with Gasteiger partial charge in [-0.2, -0.15) is 0 Å². The first-order valence-electron chi connectivity index (χ1n) is 37.6. The SMILES string of the molecule is CC(C)(C)c1ccc(N(c2cc3c4c(c2)N(c2ccc(-c5cc(C(C)(C)C)cc(C(C)(C)C)c5)cc2)c2c(oc5ccc(C(C)(C)C)cc25)B4c2ccc4cc(C(C)(C)C)ccc4c2N3c2ccc3c(c2)C2(CCCCC2)c2cc(C(C)(C)C)ccc2-3)c2cccc3c2oc2ccccc23)cc1. The van der Waals surface area contributed by atoms with Crippen LogP contribution < -0.4 is 31.3 Å². The Morgan fingerprint density at radius 1 is 0.373 bits per heavy atom. The second-order valence-electron chi connectivity index (χ2n) is 36.6. The van der Waals surface area contributed by atoms with Crippen LogP contribution in [0.5, 0.6) is 0 Å². The zero-order valence-electron chi connectivity index (χ0n) is 63.4. The van der Waals surface area contributed by atoms with E-state index in [2.05, 4.69) is 346 Å². The van der Waals surface area contributed by atoms with Crippen molar-refractivity contribution in [2.24, 2.45) is 0 Å². The molecule has 2 aromatic heterocycles. The van der Waals surface area contributed by atoms with Gasteiger partial charge in [-0.3, -0.25) is 0 Å². The van der Waals surface area contributed by atoms with Crippen molar-refractivity contribution in [1.82, 2.24) is 0 Å². The highest BCUT2D eigenvalue weighted by molar-refractivity contribution is 7.00. The number of furan rings is 2. The minimum Gasteiger partial charge on any atom is -0.468 e. The van der Waals surface area contributed by atoms with Gasteiger partial charge in [0.05, 0.1) is 22.7 Å². The Morgan fingerprint density at radius 2 is 0.922 bits per heavy atom. The third-order valence-corrected chi connectivity index (χ3v) is 23.5. The lowest BCUT2D eigenvalue weighted by Crippen LogP contribution is -2.61. The Kier molecular flexibility index (Phi) is 14.7. The molecular formula is C96H98BN3O2. The largest absolute Gasteiger partial charge is 0.468 e. The normalized spacial score (nSPS) is 15.2. The Labute approximate surface area is 605 Å². The van der Waals surface area contributed by atoms with Crippen LogP contribution in [0.1, 0.15) is 201 Å². The minimum atomic E-state index is -0.313. The van der Waals surface area contributed by atoms with E-state index in [0.717, 1.165) is 96.9 Å². The van der Waals surface area contributed by atoms with Crippen LogP contribution >= 0.6 is 0 Å². The molecule has 102 heavy (non-hydrogen) atoms. The second-order valence-corrected chi connectivity index (χ2v) is 36.6. The zero-order chi connectivity index (χ0) is 71.3. The van der Waals surface area contributed by atoms with E-state index >= 15 is 0 Å². The number of nitrogens with zero attached hydrogens (tertiary/aromatic N) is 3. The van der Waals surface area contributed by atoms with Crippen LogP contribution in [0.4, 0.5) is 51.2 Å². The molecule has 512 valence electrons. The summed E-state index contributed by atoms with van der Waals surface area (Å²) < 4.78 is 15.0. The number of hydrogen-bond acceptors (Lipinski definition) is 5. The molecule has 0 saturated heterocycles. The second kappa shape index (κ2) is 22.7. The number of hydrogen-bond donors (Lipinski definition) is 0. The third-order valence-electron chi connectivity index (χ3n) is 23.5. The fourth-order valence-corrected chi connectivity index (χ4v) is 17.6. The van der Waals surface area contributed by atoms with Crippen molar-refractivity contribution in [3.05, 3.63) is 251 Å². The summed E-state index contributed by atoms with van der Waals surface area (Å²) in [7, 11) is 0. The summed E-state index contributed by atoms with van der Waals surface area (Å²) in [5.74, 6) is 0. The highest BCUT2D eigenvalue weighted by atomic mass is 16.3. The van der Waals surface area contributed by atoms with Crippen LogP contribution in [-0.4, -0.2) is 6.71 Å². The fraction of sp³-hybridized carbons (Fsp3) is 0.312. The van der Waals surface area contributed by atoms with Crippen LogP contribution in [0.3, 0.4) is 0 Å². The van der Waals surface area contributed by atoms with Gasteiger partial charge in [0.2, 0.25) is 0 Å². The predicted octanol–water partition coefficient (Wildman–Crippen LogP) is 25.7. The average Bonchev–Trinajstić information content (AvgIpc) is 1.21. The molecule has 4 heterocycles. The maximum Gasteiger partial charge on any atom is 0.297 e. The van der Waals surface area contributed by atoms with Crippen molar-refractivity contribution >= 4 is 118 Å². The monoisotopic (exact) mass is 1340 g/mol. The van der Waals surface area contributed by atoms with Gasteiger partial charge in [-0.05, 0) is 201 Å². The quantitative estimate of drug-likeness (QED) is 0.155. The summed E-state index contributed by atoms with van der Waals surface area (Å²) in [5.41, 5.74) is 31.2. The molecule has 0 unspecified atom stereocenters. The van der Waals surface area contributed by atoms with Gasteiger partial charge < -0.3 is 23.5 Å². The van der Waals surface area contributed by atoms with Gasteiger partial charge in [0, 0.05) is 61.1 Å². The van der Waals surface area contributed by atoms with Gasteiger partial charge >= 0.3 is 0 Å². The van der Waals surface area contributed by atoms with Gasteiger partial charge in [0.25, 0.3) is 6.71 Å². The molecule has 1 saturated carbocycles. The van der Waals surface area contributed by atoms with Gasteiger partial charge in [-0.25, -0.2) is 0 Å². The van der Waals surface area contributed by atoms with Crippen LogP contribution in [0.15, 0.2) is 215 Å². The predicted molar refractivity (Wildman–Crippen MR) is 437 cm³/mol. The van der Waals surface area contributed by atoms with E-state index in [9.17, 15) is 0 Å². The Morgan fingerprint density at radius 3 is 1.58 bits per heavy atom.